The fourth-order valence-corrected chi connectivity index (χ4v) is 4.35. The van der Waals surface area contributed by atoms with E-state index in [-0.39, 0.29) is 24.6 Å². The van der Waals surface area contributed by atoms with Crippen molar-refractivity contribution >= 4 is 34.5 Å². The van der Waals surface area contributed by atoms with Crippen LogP contribution in [0.5, 0.6) is 0 Å². The van der Waals surface area contributed by atoms with Gasteiger partial charge in [-0.05, 0) is 60.4 Å². The highest BCUT2D eigenvalue weighted by Gasteiger charge is 2.27. The Morgan fingerprint density at radius 2 is 1.87 bits per heavy atom. The van der Waals surface area contributed by atoms with Crippen LogP contribution in [0.2, 0.25) is 0 Å². The second-order valence-electron chi connectivity index (χ2n) is 10.2. The number of aromatic nitrogens is 2. The molecule has 0 aliphatic carbocycles. The van der Waals surface area contributed by atoms with Crippen LogP contribution in [0, 0.1) is 5.92 Å². The van der Waals surface area contributed by atoms with Gasteiger partial charge in [0.1, 0.15) is 11.7 Å². The van der Waals surface area contributed by atoms with Crippen molar-refractivity contribution in [3.63, 3.8) is 0 Å². The highest BCUT2D eigenvalue weighted by atomic mass is 16.4. The minimum Gasteiger partial charge on any atom is -0.465 e. The molecule has 2 heterocycles. The molecule has 0 saturated carbocycles. The maximum atomic E-state index is 13.2. The molecule has 0 aliphatic heterocycles. The highest BCUT2D eigenvalue weighted by molar-refractivity contribution is 5.96. The molecule has 10 heteroatoms. The molecular formula is C29H37N5O5. The van der Waals surface area contributed by atoms with Gasteiger partial charge in [-0.25, -0.2) is 4.79 Å². The van der Waals surface area contributed by atoms with Crippen LogP contribution >= 0.6 is 0 Å². The number of anilines is 1. The number of carboxylic acid groups (broad SMARTS) is 1. The van der Waals surface area contributed by atoms with Crippen LogP contribution in [0.25, 0.3) is 10.9 Å². The molecule has 208 valence electrons. The average molecular weight is 536 g/mol. The summed E-state index contributed by atoms with van der Waals surface area (Å²) < 4.78 is 1.49. The number of nitrogens with zero attached hydrogens (tertiary/aromatic N) is 3. The molecule has 10 nitrogen and oxygen atoms in total. The van der Waals surface area contributed by atoms with E-state index in [9.17, 15) is 24.3 Å². The van der Waals surface area contributed by atoms with Gasteiger partial charge < -0.3 is 24.9 Å². The maximum Gasteiger partial charge on any atom is 0.407 e. The summed E-state index contributed by atoms with van der Waals surface area (Å²) in [6.07, 6.45) is 4.72. The molecule has 0 saturated heterocycles. The van der Waals surface area contributed by atoms with Crippen molar-refractivity contribution < 1.29 is 19.5 Å². The Morgan fingerprint density at radius 3 is 2.54 bits per heavy atom. The number of amides is 3. The summed E-state index contributed by atoms with van der Waals surface area (Å²) >= 11 is 0. The predicted octanol–water partition coefficient (Wildman–Crippen LogP) is 3.92. The van der Waals surface area contributed by atoms with E-state index in [1.54, 1.807) is 32.4 Å². The molecule has 3 N–H and O–H groups in total. The largest absolute Gasteiger partial charge is 0.465 e. The molecule has 2 aromatic heterocycles. The van der Waals surface area contributed by atoms with Crippen LogP contribution in [0.4, 0.5) is 10.5 Å². The Bertz CT molecular complexity index is 1420. The SMILES string of the molecule is CC(C)Cc1cccc2cc(Cn3cccc(NC(=O)[C@H](CC/C=C/C(=O)N(C)C)N(C)C(=O)O)c3=O)[nH]c12. The Hall–Kier alpha value is -4.34. The zero-order valence-electron chi connectivity index (χ0n) is 23.1. The zero-order chi connectivity index (χ0) is 28.7. The van der Waals surface area contributed by atoms with Crippen LogP contribution in [-0.2, 0) is 22.6 Å². The number of benzene rings is 1. The fraction of sp³-hybridized carbons (Fsp3) is 0.379. The summed E-state index contributed by atoms with van der Waals surface area (Å²) in [6, 6.07) is 10.3. The van der Waals surface area contributed by atoms with Gasteiger partial charge in [-0.1, -0.05) is 38.1 Å². The number of hydrogen-bond acceptors (Lipinski definition) is 4. The number of carbonyl (C=O) groups is 3. The first-order valence-corrected chi connectivity index (χ1v) is 12.9. The second-order valence-corrected chi connectivity index (χ2v) is 10.2. The Kier molecular flexibility index (Phi) is 9.70. The first kappa shape index (κ1) is 29.2. The lowest BCUT2D eigenvalue weighted by molar-refractivity contribution is -0.123. The number of para-hydroxylation sites is 1. The smallest absolute Gasteiger partial charge is 0.407 e. The van der Waals surface area contributed by atoms with E-state index in [4.69, 9.17) is 0 Å². The monoisotopic (exact) mass is 535 g/mol. The van der Waals surface area contributed by atoms with Gasteiger partial charge in [0.25, 0.3) is 5.56 Å². The Balaban J connectivity index is 1.78. The number of fused-ring (bicyclic) bond motifs is 1. The van der Waals surface area contributed by atoms with E-state index < -0.39 is 23.6 Å². The Morgan fingerprint density at radius 1 is 1.13 bits per heavy atom. The van der Waals surface area contributed by atoms with Crippen LogP contribution in [0.15, 0.2) is 59.5 Å². The topological polar surface area (TPSA) is 128 Å². The third-order valence-electron chi connectivity index (χ3n) is 6.43. The molecule has 1 aromatic carbocycles. The molecule has 0 radical (unpaired) electrons. The van der Waals surface area contributed by atoms with Crippen LogP contribution in [0.1, 0.15) is 37.9 Å². The second kappa shape index (κ2) is 12.9. The summed E-state index contributed by atoms with van der Waals surface area (Å²) in [5.41, 5.74) is 2.78. The first-order valence-electron chi connectivity index (χ1n) is 12.9. The normalized spacial score (nSPS) is 12.2. The summed E-state index contributed by atoms with van der Waals surface area (Å²) in [5, 5.41) is 13.2. The fourth-order valence-electron chi connectivity index (χ4n) is 4.35. The lowest BCUT2D eigenvalue weighted by Crippen LogP contribution is -2.45. The predicted molar refractivity (Wildman–Crippen MR) is 152 cm³/mol. The standard InChI is InChI=1S/C29H37N5O5/c1-19(2)16-20-10-8-11-21-17-22(30-26(20)21)18-34-15-9-12-23(28(34)37)31-27(36)24(33(5)29(38)39)13-6-7-14-25(35)32(3)4/h7-12,14-15,17,19,24,30H,6,13,16,18H2,1-5H3,(H,31,36)(H,38,39)/b14-7+/t24-/m0/s1. The van der Waals surface area contributed by atoms with Crippen molar-refractivity contribution in [1.29, 1.82) is 0 Å². The summed E-state index contributed by atoms with van der Waals surface area (Å²) in [7, 11) is 4.54. The minimum atomic E-state index is -1.27. The first-order chi connectivity index (χ1) is 18.5. The number of allylic oxidation sites excluding steroid dienone is 1. The van der Waals surface area contributed by atoms with Crippen molar-refractivity contribution in [3.8, 4) is 0 Å². The summed E-state index contributed by atoms with van der Waals surface area (Å²) in [5.74, 6) is -0.324. The van der Waals surface area contributed by atoms with Crippen molar-refractivity contribution in [2.45, 2.75) is 45.7 Å². The van der Waals surface area contributed by atoms with E-state index in [1.165, 1.54) is 34.2 Å². The third-order valence-corrected chi connectivity index (χ3v) is 6.43. The lowest BCUT2D eigenvalue weighted by Gasteiger charge is -2.24. The van der Waals surface area contributed by atoms with Crippen molar-refractivity contribution in [1.82, 2.24) is 19.4 Å². The molecule has 0 spiro atoms. The number of hydrogen-bond donors (Lipinski definition) is 3. The maximum absolute atomic E-state index is 13.2. The third kappa shape index (κ3) is 7.59. The van der Waals surface area contributed by atoms with E-state index >= 15 is 0 Å². The number of carbonyl (C=O) groups excluding carboxylic acids is 2. The Labute approximate surface area is 227 Å². The van der Waals surface area contributed by atoms with Crippen LogP contribution in [0.3, 0.4) is 0 Å². The van der Waals surface area contributed by atoms with E-state index in [2.05, 4.69) is 30.2 Å². The number of H-pyrrole nitrogens is 1. The number of pyridine rings is 1. The van der Waals surface area contributed by atoms with Crippen molar-refractivity contribution in [3.05, 3.63) is 76.4 Å². The lowest BCUT2D eigenvalue weighted by atomic mass is 10.0. The van der Waals surface area contributed by atoms with Gasteiger partial charge in [0.05, 0.1) is 6.54 Å². The number of likely N-dealkylation sites (N-methyl/N-ethyl adjacent to an activating group) is 2. The molecule has 3 aromatic rings. The molecule has 3 amide bonds. The molecule has 0 fully saturated rings. The van der Waals surface area contributed by atoms with Gasteiger partial charge in [0.2, 0.25) is 11.8 Å². The van der Waals surface area contributed by atoms with Gasteiger partial charge in [-0.15, -0.1) is 0 Å². The molecule has 0 aliphatic rings. The van der Waals surface area contributed by atoms with Crippen LogP contribution < -0.4 is 10.9 Å². The van der Waals surface area contributed by atoms with Gasteiger partial charge in [0, 0.05) is 38.6 Å². The highest BCUT2D eigenvalue weighted by Crippen LogP contribution is 2.22. The van der Waals surface area contributed by atoms with Crippen LogP contribution in [-0.4, -0.2) is 69.5 Å². The van der Waals surface area contributed by atoms with Crippen molar-refractivity contribution in [2.24, 2.45) is 5.92 Å². The molecule has 0 bridgehead atoms. The number of nitrogens with one attached hydrogen (secondary N) is 2. The van der Waals surface area contributed by atoms with E-state index in [1.807, 2.05) is 18.2 Å². The number of rotatable bonds is 11. The van der Waals surface area contributed by atoms with E-state index in [0.29, 0.717) is 12.3 Å². The molecule has 3 rings (SSSR count). The summed E-state index contributed by atoms with van der Waals surface area (Å²) in [4.78, 5) is 55.4. The summed E-state index contributed by atoms with van der Waals surface area (Å²) in [6.45, 7) is 4.62. The molecular weight excluding hydrogens is 498 g/mol. The van der Waals surface area contributed by atoms with Crippen molar-refractivity contribution in [2.75, 3.05) is 26.5 Å². The number of aromatic amines is 1. The quantitative estimate of drug-likeness (QED) is 0.321. The van der Waals surface area contributed by atoms with Gasteiger partial charge >= 0.3 is 6.09 Å². The van der Waals surface area contributed by atoms with Gasteiger partial charge in [-0.2, -0.15) is 0 Å². The molecule has 39 heavy (non-hydrogen) atoms. The van der Waals surface area contributed by atoms with Gasteiger partial charge in [0.15, 0.2) is 0 Å². The van der Waals surface area contributed by atoms with E-state index in [0.717, 1.165) is 27.9 Å². The average Bonchev–Trinajstić information content (AvgIpc) is 3.29. The zero-order valence-corrected chi connectivity index (χ0v) is 23.1. The molecule has 0 unspecified atom stereocenters. The minimum absolute atomic E-state index is 0.0567. The van der Waals surface area contributed by atoms with Gasteiger partial charge in [-0.3, -0.25) is 19.3 Å². The molecule has 1 atom stereocenters.